The molecule has 0 bridgehead atoms. The number of ether oxygens (including phenoxy) is 1. The number of carbonyl (C=O) groups is 1. The number of hydrogen-bond donors (Lipinski definition) is 0. The zero-order valence-electron chi connectivity index (χ0n) is 18.0. The fraction of sp³-hybridized carbons (Fsp3) is 0.214. The molecule has 0 aliphatic carbocycles. The Kier molecular flexibility index (Phi) is 5.95. The number of aromatic nitrogens is 1. The van der Waals surface area contributed by atoms with Crippen molar-refractivity contribution in [3.8, 4) is 11.1 Å². The molecule has 32 heavy (non-hydrogen) atoms. The molecule has 0 radical (unpaired) electrons. The number of benzene rings is 3. The highest BCUT2D eigenvalue weighted by atomic mass is 16.5. The maximum atomic E-state index is 13.6. The Balaban J connectivity index is 1.37. The van der Waals surface area contributed by atoms with Gasteiger partial charge in [-0.2, -0.15) is 0 Å². The molecular formula is C28H26N2O2. The molecule has 0 unspecified atom stereocenters. The maximum absolute atomic E-state index is 13.6. The second-order valence-corrected chi connectivity index (χ2v) is 8.37. The molecule has 1 amide bonds. The van der Waals surface area contributed by atoms with Crippen molar-refractivity contribution in [3.63, 3.8) is 0 Å². The lowest BCUT2D eigenvalue weighted by Crippen LogP contribution is -2.36. The summed E-state index contributed by atoms with van der Waals surface area (Å²) in [5.41, 5.74) is 4.03. The lowest BCUT2D eigenvalue weighted by molar-refractivity contribution is 0.0738. The topological polar surface area (TPSA) is 42.4 Å². The molecule has 3 aromatic carbocycles. The molecule has 0 N–H and O–H groups in total. The van der Waals surface area contributed by atoms with Crippen LogP contribution in [0.2, 0.25) is 0 Å². The van der Waals surface area contributed by atoms with Crippen LogP contribution in [-0.2, 0) is 11.2 Å². The molecule has 0 saturated carbocycles. The first-order valence-corrected chi connectivity index (χ1v) is 11.1. The number of hydrogen-bond acceptors (Lipinski definition) is 3. The summed E-state index contributed by atoms with van der Waals surface area (Å²) in [6.45, 7) is 2.53. The van der Waals surface area contributed by atoms with Gasteiger partial charge in [-0.15, -0.1) is 0 Å². The normalized spacial score (nSPS) is 16.6. The fourth-order valence-electron chi connectivity index (χ4n) is 4.49. The van der Waals surface area contributed by atoms with E-state index in [1.54, 1.807) is 0 Å². The lowest BCUT2D eigenvalue weighted by Gasteiger charge is -2.25. The van der Waals surface area contributed by atoms with Crippen LogP contribution in [0.15, 0.2) is 91.3 Å². The van der Waals surface area contributed by atoms with E-state index >= 15 is 0 Å². The van der Waals surface area contributed by atoms with Gasteiger partial charge in [0.1, 0.15) is 0 Å². The van der Waals surface area contributed by atoms with E-state index in [0.717, 1.165) is 28.5 Å². The van der Waals surface area contributed by atoms with Gasteiger partial charge < -0.3 is 9.64 Å². The van der Waals surface area contributed by atoms with Gasteiger partial charge in [0.15, 0.2) is 0 Å². The van der Waals surface area contributed by atoms with Crippen LogP contribution in [0, 0.1) is 5.92 Å². The monoisotopic (exact) mass is 422 g/mol. The number of nitrogens with zero attached hydrogens (tertiary/aromatic N) is 2. The van der Waals surface area contributed by atoms with E-state index in [1.165, 1.54) is 10.9 Å². The van der Waals surface area contributed by atoms with Crippen molar-refractivity contribution in [3.05, 3.63) is 102 Å². The fourth-order valence-corrected chi connectivity index (χ4v) is 4.49. The highest BCUT2D eigenvalue weighted by Gasteiger charge is 2.25. The van der Waals surface area contributed by atoms with Gasteiger partial charge in [0, 0.05) is 42.4 Å². The Hall–Kier alpha value is -3.50. The SMILES string of the molecule is O=C(c1ccccc1-c1ccccc1)N1CCOC[C@H](Cc2ccc3ccncc3c2)C1. The van der Waals surface area contributed by atoms with Crippen LogP contribution in [0.25, 0.3) is 21.9 Å². The second-order valence-electron chi connectivity index (χ2n) is 8.37. The van der Waals surface area contributed by atoms with Gasteiger partial charge in [-0.05, 0) is 46.7 Å². The van der Waals surface area contributed by atoms with Crippen LogP contribution in [0.4, 0.5) is 0 Å². The first-order chi connectivity index (χ1) is 15.8. The van der Waals surface area contributed by atoms with Crippen LogP contribution >= 0.6 is 0 Å². The minimum Gasteiger partial charge on any atom is -0.379 e. The average molecular weight is 423 g/mol. The van der Waals surface area contributed by atoms with Crippen molar-refractivity contribution < 1.29 is 9.53 Å². The molecule has 4 nitrogen and oxygen atoms in total. The Bertz CT molecular complexity index is 1220. The lowest BCUT2D eigenvalue weighted by atomic mass is 9.96. The molecular weight excluding hydrogens is 396 g/mol. The smallest absolute Gasteiger partial charge is 0.254 e. The number of rotatable bonds is 4. The van der Waals surface area contributed by atoms with Crippen molar-refractivity contribution in [1.82, 2.24) is 9.88 Å². The minimum atomic E-state index is 0.0719. The molecule has 160 valence electrons. The molecule has 0 spiro atoms. The third-order valence-corrected chi connectivity index (χ3v) is 6.10. The standard InChI is InChI=1S/C28H26N2O2/c31-28(27-9-5-4-8-26(27)24-6-2-1-3-7-24)30-14-15-32-20-22(19-30)16-21-10-11-23-12-13-29-18-25(23)17-21/h1-13,17-18,22H,14-16,19-20H2/t22-/m1/s1. The van der Waals surface area contributed by atoms with Crippen molar-refractivity contribution in [2.45, 2.75) is 6.42 Å². The molecule has 1 aliphatic rings. The molecule has 4 aromatic rings. The molecule has 1 fully saturated rings. The van der Waals surface area contributed by atoms with Gasteiger partial charge >= 0.3 is 0 Å². The highest BCUT2D eigenvalue weighted by molar-refractivity contribution is 6.01. The summed E-state index contributed by atoms with van der Waals surface area (Å²) in [4.78, 5) is 19.8. The summed E-state index contributed by atoms with van der Waals surface area (Å²) < 4.78 is 5.89. The van der Waals surface area contributed by atoms with Gasteiger partial charge in [-0.1, -0.05) is 60.7 Å². The van der Waals surface area contributed by atoms with Crippen molar-refractivity contribution in [2.75, 3.05) is 26.3 Å². The third-order valence-electron chi connectivity index (χ3n) is 6.10. The van der Waals surface area contributed by atoms with Crippen LogP contribution in [0.1, 0.15) is 15.9 Å². The summed E-state index contributed by atoms with van der Waals surface area (Å²) in [6.07, 6.45) is 4.59. The molecule has 5 rings (SSSR count). The second kappa shape index (κ2) is 9.33. The largest absolute Gasteiger partial charge is 0.379 e. The number of pyridine rings is 1. The third kappa shape index (κ3) is 4.41. The van der Waals surface area contributed by atoms with Crippen molar-refractivity contribution in [2.24, 2.45) is 5.92 Å². The zero-order valence-corrected chi connectivity index (χ0v) is 18.0. The van der Waals surface area contributed by atoms with Crippen LogP contribution < -0.4 is 0 Å². The summed E-state index contributed by atoms with van der Waals surface area (Å²) in [6, 6.07) is 26.5. The van der Waals surface area contributed by atoms with E-state index in [2.05, 4.69) is 35.3 Å². The summed E-state index contributed by atoms with van der Waals surface area (Å²) in [5, 5.41) is 2.33. The first-order valence-electron chi connectivity index (χ1n) is 11.1. The molecule has 2 heterocycles. The van der Waals surface area contributed by atoms with Gasteiger partial charge in [0.05, 0.1) is 13.2 Å². The molecule has 1 saturated heterocycles. The van der Waals surface area contributed by atoms with Gasteiger partial charge in [-0.25, -0.2) is 0 Å². The summed E-state index contributed by atoms with van der Waals surface area (Å²) in [5.74, 6) is 0.321. The van der Waals surface area contributed by atoms with Gasteiger partial charge in [0.25, 0.3) is 5.91 Å². The van der Waals surface area contributed by atoms with Crippen LogP contribution in [0.3, 0.4) is 0 Å². The highest BCUT2D eigenvalue weighted by Crippen LogP contribution is 2.26. The summed E-state index contributed by atoms with van der Waals surface area (Å²) >= 11 is 0. The minimum absolute atomic E-state index is 0.0719. The van der Waals surface area contributed by atoms with Crippen LogP contribution in [-0.4, -0.2) is 42.1 Å². The Labute approximate surface area is 188 Å². The molecule has 1 aliphatic heterocycles. The van der Waals surface area contributed by atoms with E-state index in [9.17, 15) is 4.79 Å². The molecule has 4 heteroatoms. The Morgan fingerprint density at radius 1 is 0.969 bits per heavy atom. The quantitative estimate of drug-likeness (QED) is 0.452. The van der Waals surface area contributed by atoms with E-state index in [0.29, 0.717) is 26.3 Å². The van der Waals surface area contributed by atoms with E-state index in [-0.39, 0.29) is 11.8 Å². The average Bonchev–Trinajstić information content (AvgIpc) is 3.09. The van der Waals surface area contributed by atoms with Crippen molar-refractivity contribution in [1.29, 1.82) is 0 Å². The zero-order chi connectivity index (χ0) is 21.8. The number of fused-ring (bicyclic) bond motifs is 1. The van der Waals surface area contributed by atoms with E-state index < -0.39 is 0 Å². The van der Waals surface area contributed by atoms with E-state index in [1.807, 2.05) is 65.8 Å². The predicted octanol–water partition coefficient (Wildman–Crippen LogP) is 5.23. The maximum Gasteiger partial charge on any atom is 0.254 e. The Morgan fingerprint density at radius 3 is 2.72 bits per heavy atom. The summed E-state index contributed by atoms with van der Waals surface area (Å²) in [7, 11) is 0. The van der Waals surface area contributed by atoms with Crippen LogP contribution in [0.5, 0.6) is 0 Å². The first kappa shape index (κ1) is 20.4. The number of amides is 1. The molecule has 1 atom stereocenters. The Morgan fingerprint density at radius 2 is 1.81 bits per heavy atom. The predicted molar refractivity (Wildman–Crippen MR) is 128 cm³/mol. The van der Waals surface area contributed by atoms with E-state index in [4.69, 9.17) is 4.74 Å². The van der Waals surface area contributed by atoms with Gasteiger partial charge in [-0.3, -0.25) is 9.78 Å². The van der Waals surface area contributed by atoms with Gasteiger partial charge in [0.2, 0.25) is 0 Å². The number of carbonyl (C=O) groups excluding carboxylic acids is 1. The molecule has 1 aromatic heterocycles. The van der Waals surface area contributed by atoms with Crippen molar-refractivity contribution >= 4 is 16.7 Å².